The highest BCUT2D eigenvalue weighted by molar-refractivity contribution is 5.81. The van der Waals surface area contributed by atoms with Gasteiger partial charge >= 0.3 is 0 Å². The quantitative estimate of drug-likeness (QED) is 0.762. The third-order valence-corrected chi connectivity index (χ3v) is 4.92. The summed E-state index contributed by atoms with van der Waals surface area (Å²) in [6.45, 7) is 8.08. The fourth-order valence-corrected chi connectivity index (χ4v) is 3.61. The van der Waals surface area contributed by atoms with E-state index in [4.69, 9.17) is 0 Å². The van der Waals surface area contributed by atoms with E-state index in [1.54, 1.807) is 0 Å². The number of hydrogen-bond acceptors (Lipinski definition) is 2. The molecule has 1 aliphatic carbocycles. The van der Waals surface area contributed by atoms with Crippen LogP contribution in [0.25, 0.3) is 0 Å². The van der Waals surface area contributed by atoms with Gasteiger partial charge in [0.2, 0.25) is 0 Å². The normalized spacial score (nSPS) is 31.8. The summed E-state index contributed by atoms with van der Waals surface area (Å²) in [7, 11) is 0. The van der Waals surface area contributed by atoms with Crippen LogP contribution in [0.1, 0.15) is 58.8 Å². The molecule has 0 bridgehead atoms. The average molecular weight is 251 g/mol. The zero-order valence-corrected chi connectivity index (χ0v) is 12.2. The molecule has 2 atom stereocenters. The zero-order valence-electron chi connectivity index (χ0n) is 12.2. The van der Waals surface area contributed by atoms with Crippen LogP contribution < -0.4 is 0 Å². The largest absolute Gasteiger partial charge is 0.303 e. The number of carbonyl (C=O) groups excluding carboxylic acids is 1. The Labute approximate surface area is 112 Å². The molecule has 0 radical (unpaired) electrons. The summed E-state index contributed by atoms with van der Waals surface area (Å²) in [6, 6.07) is 0. The van der Waals surface area contributed by atoms with Crippen molar-refractivity contribution in [2.75, 3.05) is 19.6 Å². The van der Waals surface area contributed by atoms with Crippen molar-refractivity contribution in [3.8, 4) is 0 Å². The molecular formula is C16H29NO. The maximum Gasteiger partial charge on any atom is 0.137 e. The predicted molar refractivity (Wildman–Crippen MR) is 75.6 cm³/mol. The summed E-state index contributed by atoms with van der Waals surface area (Å²) >= 11 is 0. The molecule has 2 aliphatic rings. The molecule has 0 N–H and O–H groups in total. The van der Waals surface area contributed by atoms with Gasteiger partial charge in [0, 0.05) is 18.9 Å². The third kappa shape index (κ3) is 3.81. The van der Waals surface area contributed by atoms with Gasteiger partial charge < -0.3 is 4.90 Å². The minimum atomic E-state index is 0.351. The monoisotopic (exact) mass is 251 g/mol. The second-order valence-electron chi connectivity index (χ2n) is 6.58. The lowest BCUT2D eigenvalue weighted by Crippen LogP contribution is -2.40. The van der Waals surface area contributed by atoms with E-state index < -0.39 is 0 Å². The van der Waals surface area contributed by atoms with Crippen LogP contribution in [-0.4, -0.2) is 30.3 Å². The van der Waals surface area contributed by atoms with Crippen LogP contribution in [0, 0.1) is 17.8 Å². The van der Waals surface area contributed by atoms with Gasteiger partial charge in [0.25, 0.3) is 0 Å². The van der Waals surface area contributed by atoms with Gasteiger partial charge in [-0.05, 0) is 50.6 Å². The van der Waals surface area contributed by atoms with Gasteiger partial charge in [-0.15, -0.1) is 0 Å². The molecule has 1 heterocycles. The molecule has 1 saturated carbocycles. The summed E-state index contributed by atoms with van der Waals surface area (Å²) in [5.41, 5.74) is 0. The molecule has 2 unspecified atom stereocenters. The highest BCUT2D eigenvalue weighted by Gasteiger charge is 2.30. The topological polar surface area (TPSA) is 20.3 Å². The van der Waals surface area contributed by atoms with Crippen molar-refractivity contribution in [1.29, 1.82) is 0 Å². The van der Waals surface area contributed by atoms with Crippen molar-refractivity contribution < 1.29 is 4.79 Å². The van der Waals surface area contributed by atoms with E-state index in [0.717, 1.165) is 31.2 Å². The van der Waals surface area contributed by atoms with Crippen LogP contribution in [0.3, 0.4) is 0 Å². The van der Waals surface area contributed by atoms with Gasteiger partial charge in [0.1, 0.15) is 5.78 Å². The molecular weight excluding hydrogens is 222 g/mol. The number of likely N-dealkylation sites (tertiary alicyclic amines) is 1. The first-order chi connectivity index (χ1) is 8.69. The fraction of sp³-hybridized carbons (Fsp3) is 0.938. The van der Waals surface area contributed by atoms with Gasteiger partial charge in [0.15, 0.2) is 0 Å². The number of nitrogens with zero attached hydrogens (tertiary/aromatic N) is 1. The molecule has 0 aromatic rings. The molecule has 2 rings (SSSR count). The standard InChI is InChI=1S/C16H29NO/c1-3-4-14-5-6-16(18)15(11-14)12-17-9-7-13(2)8-10-17/h13-15H,3-12H2,1-2H3. The van der Waals surface area contributed by atoms with Gasteiger partial charge in [0.05, 0.1) is 0 Å². The van der Waals surface area contributed by atoms with Gasteiger partial charge in [-0.2, -0.15) is 0 Å². The third-order valence-electron chi connectivity index (χ3n) is 4.92. The number of rotatable bonds is 4. The summed E-state index contributed by atoms with van der Waals surface area (Å²) in [6.07, 6.45) is 8.39. The van der Waals surface area contributed by atoms with Gasteiger partial charge in [-0.1, -0.05) is 26.7 Å². The van der Waals surface area contributed by atoms with Crippen molar-refractivity contribution in [2.45, 2.75) is 58.8 Å². The maximum absolute atomic E-state index is 12.1. The molecule has 1 saturated heterocycles. The zero-order chi connectivity index (χ0) is 13.0. The first-order valence-corrected chi connectivity index (χ1v) is 7.94. The Morgan fingerprint density at radius 1 is 1.22 bits per heavy atom. The lowest BCUT2D eigenvalue weighted by atomic mass is 9.78. The Morgan fingerprint density at radius 3 is 2.61 bits per heavy atom. The van der Waals surface area contributed by atoms with E-state index in [1.807, 2.05) is 0 Å². The lowest BCUT2D eigenvalue weighted by molar-refractivity contribution is -0.126. The molecule has 2 heteroatoms. The highest BCUT2D eigenvalue weighted by atomic mass is 16.1. The fourth-order valence-electron chi connectivity index (χ4n) is 3.61. The second kappa shape index (κ2) is 6.70. The number of piperidine rings is 1. The van der Waals surface area contributed by atoms with Crippen molar-refractivity contribution >= 4 is 5.78 Å². The first kappa shape index (κ1) is 14.0. The van der Waals surface area contributed by atoms with E-state index in [-0.39, 0.29) is 0 Å². The molecule has 0 aromatic heterocycles. The van der Waals surface area contributed by atoms with Crippen LogP contribution in [-0.2, 0) is 4.79 Å². The van der Waals surface area contributed by atoms with Crippen LogP contribution >= 0.6 is 0 Å². The van der Waals surface area contributed by atoms with E-state index >= 15 is 0 Å². The van der Waals surface area contributed by atoms with Crippen molar-refractivity contribution in [3.05, 3.63) is 0 Å². The molecule has 0 spiro atoms. The summed E-state index contributed by atoms with van der Waals surface area (Å²) in [5.74, 6) is 2.60. The number of Topliss-reactive ketones (excluding diaryl/α,β-unsaturated/α-hetero) is 1. The van der Waals surface area contributed by atoms with Crippen molar-refractivity contribution in [1.82, 2.24) is 4.90 Å². The Kier molecular flexibility index (Phi) is 5.23. The number of ketones is 1. The average Bonchev–Trinajstić information content (AvgIpc) is 2.36. The minimum Gasteiger partial charge on any atom is -0.303 e. The summed E-state index contributed by atoms with van der Waals surface area (Å²) in [4.78, 5) is 14.6. The molecule has 1 aliphatic heterocycles. The van der Waals surface area contributed by atoms with E-state index in [1.165, 1.54) is 45.2 Å². The Bertz CT molecular complexity index is 268. The van der Waals surface area contributed by atoms with Crippen LogP contribution in [0.2, 0.25) is 0 Å². The molecule has 2 fully saturated rings. The number of carbonyl (C=O) groups is 1. The Morgan fingerprint density at radius 2 is 1.94 bits per heavy atom. The van der Waals surface area contributed by atoms with Gasteiger partial charge in [-0.25, -0.2) is 0 Å². The SMILES string of the molecule is CCCC1CCC(=O)C(CN2CCC(C)CC2)C1. The lowest BCUT2D eigenvalue weighted by Gasteiger charge is -2.35. The van der Waals surface area contributed by atoms with Crippen LogP contribution in [0.5, 0.6) is 0 Å². The maximum atomic E-state index is 12.1. The van der Waals surface area contributed by atoms with Crippen LogP contribution in [0.15, 0.2) is 0 Å². The minimum absolute atomic E-state index is 0.351. The van der Waals surface area contributed by atoms with Crippen molar-refractivity contribution in [3.63, 3.8) is 0 Å². The second-order valence-corrected chi connectivity index (χ2v) is 6.58. The van der Waals surface area contributed by atoms with E-state index in [0.29, 0.717) is 11.7 Å². The van der Waals surface area contributed by atoms with Crippen molar-refractivity contribution in [2.24, 2.45) is 17.8 Å². The van der Waals surface area contributed by atoms with Gasteiger partial charge in [-0.3, -0.25) is 4.79 Å². The smallest absolute Gasteiger partial charge is 0.137 e. The molecule has 18 heavy (non-hydrogen) atoms. The Hall–Kier alpha value is -0.370. The van der Waals surface area contributed by atoms with E-state index in [9.17, 15) is 4.79 Å². The number of hydrogen-bond donors (Lipinski definition) is 0. The van der Waals surface area contributed by atoms with Crippen LogP contribution in [0.4, 0.5) is 0 Å². The summed E-state index contributed by atoms with van der Waals surface area (Å²) < 4.78 is 0. The molecule has 104 valence electrons. The molecule has 0 amide bonds. The molecule has 2 nitrogen and oxygen atoms in total. The molecule has 0 aromatic carbocycles. The first-order valence-electron chi connectivity index (χ1n) is 7.94. The summed E-state index contributed by atoms with van der Waals surface area (Å²) in [5, 5.41) is 0. The predicted octanol–water partition coefficient (Wildman–Crippen LogP) is 3.50. The highest BCUT2D eigenvalue weighted by Crippen LogP contribution is 2.31. The van der Waals surface area contributed by atoms with E-state index in [2.05, 4.69) is 18.7 Å². The Balaban J connectivity index is 1.81.